The molecule has 2 nitrogen and oxygen atoms in total. The highest BCUT2D eigenvalue weighted by Crippen LogP contribution is 2.55. The first-order valence-electron chi connectivity index (χ1n) is 18.4. The Hall–Kier alpha value is -6.64. The molecule has 0 saturated heterocycles. The molecule has 0 N–H and O–H groups in total. The number of hydrogen-bond acceptors (Lipinski definition) is 1. The van der Waals surface area contributed by atoms with E-state index < -0.39 is 0 Å². The molecule has 53 heavy (non-hydrogen) atoms. The first kappa shape index (κ1) is 31.1. The normalized spacial score (nSPS) is 12.9. The highest BCUT2D eigenvalue weighted by molar-refractivity contribution is 6.09. The number of nitrogens with zero attached hydrogens (tertiary/aromatic N) is 2. The summed E-state index contributed by atoms with van der Waals surface area (Å²) >= 11 is 0. The van der Waals surface area contributed by atoms with Crippen molar-refractivity contribution in [2.75, 3.05) is 4.90 Å². The number of anilines is 3. The molecule has 10 rings (SSSR count). The Balaban J connectivity index is 1.23. The summed E-state index contributed by atoms with van der Waals surface area (Å²) in [4.78, 5) is 2.46. The molecule has 0 saturated carbocycles. The van der Waals surface area contributed by atoms with Crippen LogP contribution in [0.25, 0.3) is 60.9 Å². The molecular formula is C51H38N2. The van der Waals surface area contributed by atoms with Crippen LogP contribution in [0.4, 0.5) is 17.1 Å². The van der Waals surface area contributed by atoms with Gasteiger partial charge in [0.15, 0.2) is 0 Å². The maximum atomic E-state index is 2.46. The zero-order valence-corrected chi connectivity index (χ0v) is 29.9. The molecule has 0 fully saturated rings. The Kier molecular flexibility index (Phi) is 7.19. The van der Waals surface area contributed by atoms with Crippen LogP contribution in [-0.4, -0.2) is 4.57 Å². The van der Waals surface area contributed by atoms with Gasteiger partial charge >= 0.3 is 0 Å². The van der Waals surface area contributed by atoms with E-state index in [1.54, 1.807) is 0 Å². The largest absolute Gasteiger partial charge is 0.310 e. The summed E-state index contributed by atoms with van der Waals surface area (Å²) in [6.45, 7) is 4.75. The lowest BCUT2D eigenvalue weighted by molar-refractivity contribution is 0.662. The van der Waals surface area contributed by atoms with Gasteiger partial charge in [0.2, 0.25) is 0 Å². The van der Waals surface area contributed by atoms with Gasteiger partial charge in [-0.1, -0.05) is 153 Å². The molecule has 0 radical (unpaired) electrons. The summed E-state index contributed by atoms with van der Waals surface area (Å²) in [5.74, 6) is 0. The summed E-state index contributed by atoms with van der Waals surface area (Å²) in [5.41, 5.74) is 17.0. The third kappa shape index (κ3) is 4.94. The van der Waals surface area contributed by atoms with Gasteiger partial charge in [-0.2, -0.15) is 0 Å². The average Bonchev–Trinajstić information content (AvgIpc) is 3.67. The predicted molar refractivity (Wildman–Crippen MR) is 224 cm³/mol. The molecule has 0 bridgehead atoms. The van der Waals surface area contributed by atoms with E-state index in [1.807, 2.05) is 0 Å². The number of aromatic nitrogens is 1. The number of benzene rings is 8. The van der Waals surface area contributed by atoms with Crippen molar-refractivity contribution in [2.45, 2.75) is 19.3 Å². The molecule has 0 unspecified atom stereocenters. The maximum Gasteiger partial charge on any atom is 0.0541 e. The number of fused-ring (bicyclic) bond motifs is 6. The smallest absolute Gasteiger partial charge is 0.0541 e. The van der Waals surface area contributed by atoms with Gasteiger partial charge < -0.3 is 9.47 Å². The molecular weight excluding hydrogens is 641 g/mol. The summed E-state index contributed by atoms with van der Waals surface area (Å²) in [6.07, 6.45) is 0. The third-order valence-electron chi connectivity index (χ3n) is 11.2. The standard InChI is InChI=1S/C51H38N2/c1-51(2)46-25-13-9-22-41(46)45-34-39(33-44(50(45)51)36-19-7-4-8-20-36)52(47-26-14-10-21-40(47)35-17-5-3-6-18-35)37-29-31-38(32-30-37)53-48-27-15-11-23-42(48)43-24-12-16-28-49(43)53/h3-34H,1-2H3. The second-order valence-electron chi connectivity index (χ2n) is 14.6. The molecule has 9 aromatic rings. The predicted octanol–water partition coefficient (Wildman–Crippen LogP) is 13.9. The fourth-order valence-corrected chi connectivity index (χ4v) is 8.79. The van der Waals surface area contributed by atoms with Crippen molar-refractivity contribution in [1.82, 2.24) is 4.57 Å². The first-order valence-corrected chi connectivity index (χ1v) is 18.4. The van der Waals surface area contributed by atoms with E-state index in [0.29, 0.717) is 0 Å². The summed E-state index contributed by atoms with van der Waals surface area (Å²) in [6, 6.07) is 70.8. The van der Waals surface area contributed by atoms with E-state index in [9.17, 15) is 0 Å². The zero-order chi connectivity index (χ0) is 35.5. The molecule has 0 spiro atoms. The van der Waals surface area contributed by atoms with Crippen LogP contribution >= 0.6 is 0 Å². The highest BCUT2D eigenvalue weighted by Gasteiger charge is 2.38. The van der Waals surface area contributed by atoms with Crippen LogP contribution in [0, 0.1) is 0 Å². The molecule has 1 aliphatic carbocycles. The minimum absolute atomic E-state index is 0.146. The van der Waals surface area contributed by atoms with Crippen molar-refractivity contribution in [1.29, 1.82) is 0 Å². The van der Waals surface area contributed by atoms with Crippen molar-refractivity contribution in [3.63, 3.8) is 0 Å². The van der Waals surface area contributed by atoms with Crippen molar-refractivity contribution in [3.05, 3.63) is 205 Å². The SMILES string of the molecule is CC1(C)c2ccccc2-c2cc(N(c3ccc(-n4c5ccccc5c5ccccc54)cc3)c3ccccc3-c3ccccc3)cc(-c3ccccc3)c21. The van der Waals surface area contributed by atoms with Crippen LogP contribution < -0.4 is 4.90 Å². The number of rotatable bonds is 6. The Morgan fingerprint density at radius 1 is 0.415 bits per heavy atom. The molecule has 0 amide bonds. The van der Waals surface area contributed by atoms with E-state index in [1.165, 1.54) is 66.3 Å². The van der Waals surface area contributed by atoms with Crippen molar-refractivity contribution < 1.29 is 0 Å². The molecule has 252 valence electrons. The minimum atomic E-state index is -0.146. The van der Waals surface area contributed by atoms with Gasteiger partial charge in [-0.15, -0.1) is 0 Å². The molecule has 1 aliphatic rings. The van der Waals surface area contributed by atoms with Gasteiger partial charge in [0.25, 0.3) is 0 Å². The summed E-state index contributed by atoms with van der Waals surface area (Å²) in [5, 5.41) is 2.53. The number of hydrogen-bond donors (Lipinski definition) is 0. The third-order valence-corrected chi connectivity index (χ3v) is 11.2. The van der Waals surface area contributed by atoms with Crippen LogP contribution in [0.2, 0.25) is 0 Å². The lowest BCUT2D eigenvalue weighted by Crippen LogP contribution is -2.17. The van der Waals surface area contributed by atoms with Gasteiger partial charge in [-0.3, -0.25) is 0 Å². The van der Waals surface area contributed by atoms with E-state index in [4.69, 9.17) is 0 Å². The topological polar surface area (TPSA) is 8.17 Å². The maximum absolute atomic E-state index is 2.46. The lowest BCUT2D eigenvalue weighted by Gasteiger charge is -2.31. The van der Waals surface area contributed by atoms with E-state index in [-0.39, 0.29) is 5.41 Å². The minimum Gasteiger partial charge on any atom is -0.310 e. The Labute approximate surface area is 310 Å². The second kappa shape index (κ2) is 12.3. The summed E-state index contributed by atoms with van der Waals surface area (Å²) in [7, 11) is 0. The first-order chi connectivity index (χ1) is 26.1. The van der Waals surface area contributed by atoms with Crippen molar-refractivity contribution in [3.8, 4) is 39.1 Å². The highest BCUT2D eigenvalue weighted by atomic mass is 15.1. The summed E-state index contributed by atoms with van der Waals surface area (Å²) < 4.78 is 2.39. The van der Waals surface area contributed by atoms with Crippen molar-refractivity contribution in [2.24, 2.45) is 0 Å². The Bertz CT molecular complexity index is 2740. The quantitative estimate of drug-likeness (QED) is 0.170. The van der Waals surface area contributed by atoms with Crippen LogP contribution in [0.1, 0.15) is 25.0 Å². The molecule has 2 heteroatoms. The average molecular weight is 679 g/mol. The fourth-order valence-electron chi connectivity index (χ4n) is 8.79. The van der Waals surface area contributed by atoms with Gasteiger partial charge in [-0.05, 0) is 93.5 Å². The van der Waals surface area contributed by atoms with Crippen LogP contribution in [0.15, 0.2) is 194 Å². The molecule has 0 aliphatic heterocycles. The van der Waals surface area contributed by atoms with Crippen LogP contribution in [0.5, 0.6) is 0 Å². The van der Waals surface area contributed by atoms with Crippen LogP contribution in [-0.2, 0) is 5.41 Å². The van der Waals surface area contributed by atoms with Crippen molar-refractivity contribution >= 4 is 38.9 Å². The van der Waals surface area contributed by atoms with Crippen LogP contribution in [0.3, 0.4) is 0 Å². The zero-order valence-electron chi connectivity index (χ0n) is 29.9. The molecule has 0 atom stereocenters. The molecule has 8 aromatic carbocycles. The monoisotopic (exact) mass is 678 g/mol. The lowest BCUT2D eigenvalue weighted by atomic mass is 9.78. The van der Waals surface area contributed by atoms with E-state index >= 15 is 0 Å². The van der Waals surface area contributed by atoms with Gasteiger partial charge in [0.05, 0.1) is 16.7 Å². The van der Waals surface area contributed by atoms with E-state index in [0.717, 1.165) is 22.7 Å². The van der Waals surface area contributed by atoms with Gasteiger partial charge in [-0.25, -0.2) is 0 Å². The number of para-hydroxylation sites is 3. The van der Waals surface area contributed by atoms with Gasteiger partial charge in [0, 0.05) is 38.8 Å². The van der Waals surface area contributed by atoms with Gasteiger partial charge in [0.1, 0.15) is 0 Å². The Morgan fingerprint density at radius 3 is 1.58 bits per heavy atom. The Morgan fingerprint density at radius 2 is 0.925 bits per heavy atom. The molecule has 1 aromatic heterocycles. The van der Waals surface area contributed by atoms with E-state index in [2.05, 4.69) is 217 Å². The second-order valence-corrected chi connectivity index (χ2v) is 14.6. The fraction of sp³-hybridized carbons (Fsp3) is 0.0588. The molecule has 1 heterocycles.